The Hall–Kier alpha value is -1.06. The number of ether oxygens (including phenoxy) is 1. The summed E-state index contributed by atoms with van der Waals surface area (Å²) in [6, 6.07) is 8.94. The molecule has 0 radical (unpaired) electrons. The molecule has 84 valence electrons. The number of nitrogens with one attached hydrogen (secondary N) is 1. The third kappa shape index (κ3) is 1.93. The van der Waals surface area contributed by atoms with Crippen LogP contribution in [0.4, 0.5) is 0 Å². The maximum absolute atomic E-state index is 5.91. The van der Waals surface area contributed by atoms with Crippen molar-refractivity contribution in [1.82, 2.24) is 5.32 Å². The first-order valence-electron chi connectivity index (χ1n) is 5.76. The van der Waals surface area contributed by atoms with Crippen LogP contribution in [0.15, 0.2) is 29.6 Å². The summed E-state index contributed by atoms with van der Waals surface area (Å²) >= 11 is 1.76. The molecule has 1 fully saturated rings. The molecule has 1 aliphatic rings. The highest BCUT2D eigenvalue weighted by molar-refractivity contribution is 7.17. The fraction of sp³-hybridized carbons (Fsp3) is 0.385. The highest BCUT2D eigenvalue weighted by Crippen LogP contribution is 2.29. The molecule has 0 amide bonds. The molecule has 1 aliphatic heterocycles. The molecule has 0 spiro atoms. The predicted octanol–water partition coefficient (Wildman–Crippen LogP) is 3.03. The summed E-state index contributed by atoms with van der Waals surface area (Å²) in [5.41, 5.74) is 0. The quantitative estimate of drug-likeness (QED) is 0.880. The molecule has 16 heavy (non-hydrogen) atoms. The third-order valence-electron chi connectivity index (χ3n) is 3.06. The van der Waals surface area contributed by atoms with Gasteiger partial charge in [-0.2, -0.15) is 0 Å². The Morgan fingerprint density at radius 1 is 1.38 bits per heavy atom. The van der Waals surface area contributed by atoms with Gasteiger partial charge in [-0.05, 0) is 43.0 Å². The zero-order valence-corrected chi connectivity index (χ0v) is 9.93. The molecule has 0 bridgehead atoms. The number of fused-ring (bicyclic) bond motifs is 1. The van der Waals surface area contributed by atoms with Crippen molar-refractivity contribution in [3.63, 3.8) is 0 Å². The molecular formula is C13H15NOS. The van der Waals surface area contributed by atoms with Crippen LogP contribution in [0, 0.1) is 0 Å². The van der Waals surface area contributed by atoms with Gasteiger partial charge in [0, 0.05) is 16.1 Å². The van der Waals surface area contributed by atoms with E-state index in [0.717, 1.165) is 18.9 Å². The van der Waals surface area contributed by atoms with E-state index < -0.39 is 0 Å². The van der Waals surface area contributed by atoms with E-state index in [1.165, 1.54) is 22.9 Å². The van der Waals surface area contributed by atoms with E-state index in [2.05, 4.69) is 35.0 Å². The Bertz CT molecular complexity index is 473. The van der Waals surface area contributed by atoms with Crippen LogP contribution in [0.25, 0.3) is 10.1 Å². The molecule has 1 atom stereocenters. The average Bonchev–Trinajstić information content (AvgIpc) is 2.97. The van der Waals surface area contributed by atoms with Crippen LogP contribution in [0.2, 0.25) is 0 Å². The van der Waals surface area contributed by atoms with Crippen LogP contribution in [-0.4, -0.2) is 19.2 Å². The van der Waals surface area contributed by atoms with Crippen LogP contribution in [0.3, 0.4) is 0 Å². The average molecular weight is 233 g/mol. The minimum atomic E-state index is 0.536. The normalized spacial score (nSPS) is 20.4. The highest BCUT2D eigenvalue weighted by atomic mass is 32.1. The lowest BCUT2D eigenvalue weighted by Gasteiger charge is -2.12. The van der Waals surface area contributed by atoms with Gasteiger partial charge >= 0.3 is 0 Å². The molecule has 1 unspecified atom stereocenters. The smallest absolute Gasteiger partial charge is 0.128 e. The van der Waals surface area contributed by atoms with Gasteiger partial charge in [0.15, 0.2) is 0 Å². The van der Waals surface area contributed by atoms with Gasteiger partial charge in [0.25, 0.3) is 0 Å². The topological polar surface area (TPSA) is 21.3 Å². The minimum Gasteiger partial charge on any atom is -0.491 e. The summed E-state index contributed by atoms with van der Waals surface area (Å²) in [6.07, 6.45) is 2.51. The van der Waals surface area contributed by atoms with E-state index in [1.54, 1.807) is 11.3 Å². The Balaban J connectivity index is 1.75. The highest BCUT2D eigenvalue weighted by Gasteiger charge is 2.14. The lowest BCUT2D eigenvalue weighted by Crippen LogP contribution is -2.28. The van der Waals surface area contributed by atoms with Crippen molar-refractivity contribution in [2.24, 2.45) is 0 Å². The van der Waals surface area contributed by atoms with Crippen molar-refractivity contribution in [3.05, 3.63) is 29.6 Å². The molecule has 0 aliphatic carbocycles. The van der Waals surface area contributed by atoms with Crippen molar-refractivity contribution in [1.29, 1.82) is 0 Å². The van der Waals surface area contributed by atoms with Gasteiger partial charge in [-0.25, -0.2) is 0 Å². The van der Waals surface area contributed by atoms with E-state index in [1.807, 2.05) is 0 Å². The van der Waals surface area contributed by atoms with E-state index in [-0.39, 0.29) is 0 Å². The Labute approximate surface area is 99.2 Å². The van der Waals surface area contributed by atoms with E-state index in [9.17, 15) is 0 Å². The largest absolute Gasteiger partial charge is 0.491 e. The van der Waals surface area contributed by atoms with Gasteiger partial charge in [-0.1, -0.05) is 6.07 Å². The minimum absolute atomic E-state index is 0.536. The standard InChI is InChI=1S/C13H15NOS/c1-4-12(11-6-8-16-13(11)5-1)15-9-10-3-2-7-14-10/h1,4-6,8,10,14H,2-3,7,9H2. The summed E-state index contributed by atoms with van der Waals surface area (Å²) in [6.45, 7) is 1.92. The van der Waals surface area contributed by atoms with Gasteiger partial charge < -0.3 is 10.1 Å². The van der Waals surface area contributed by atoms with Crippen LogP contribution < -0.4 is 10.1 Å². The second kappa shape index (κ2) is 4.44. The number of hydrogen-bond acceptors (Lipinski definition) is 3. The van der Waals surface area contributed by atoms with Gasteiger partial charge in [-0.15, -0.1) is 11.3 Å². The van der Waals surface area contributed by atoms with Gasteiger partial charge in [-0.3, -0.25) is 0 Å². The Morgan fingerprint density at radius 3 is 3.25 bits per heavy atom. The molecular weight excluding hydrogens is 218 g/mol. The molecule has 3 rings (SSSR count). The maximum atomic E-state index is 5.91. The SMILES string of the molecule is c1cc(OCC2CCCN2)c2ccsc2c1. The first-order valence-corrected chi connectivity index (χ1v) is 6.64. The third-order valence-corrected chi connectivity index (χ3v) is 3.94. The summed E-state index contributed by atoms with van der Waals surface area (Å²) in [4.78, 5) is 0. The van der Waals surface area contributed by atoms with Crippen molar-refractivity contribution in [2.75, 3.05) is 13.2 Å². The number of thiophene rings is 1. The molecule has 1 saturated heterocycles. The Morgan fingerprint density at radius 2 is 2.38 bits per heavy atom. The summed E-state index contributed by atoms with van der Waals surface area (Å²) in [5, 5.41) is 6.80. The van der Waals surface area contributed by atoms with Crippen molar-refractivity contribution >= 4 is 21.4 Å². The van der Waals surface area contributed by atoms with Crippen molar-refractivity contribution in [2.45, 2.75) is 18.9 Å². The van der Waals surface area contributed by atoms with Crippen molar-refractivity contribution in [3.8, 4) is 5.75 Å². The second-order valence-electron chi connectivity index (χ2n) is 4.19. The van der Waals surface area contributed by atoms with E-state index in [0.29, 0.717) is 6.04 Å². The number of benzene rings is 1. The van der Waals surface area contributed by atoms with Gasteiger partial charge in [0.2, 0.25) is 0 Å². The van der Waals surface area contributed by atoms with E-state index in [4.69, 9.17) is 4.74 Å². The predicted molar refractivity (Wildman–Crippen MR) is 68.3 cm³/mol. The molecule has 2 aromatic rings. The fourth-order valence-corrected chi connectivity index (χ4v) is 2.98. The summed E-state index contributed by atoms with van der Waals surface area (Å²) in [7, 11) is 0. The van der Waals surface area contributed by atoms with Gasteiger partial charge in [0.1, 0.15) is 12.4 Å². The maximum Gasteiger partial charge on any atom is 0.128 e. The Kier molecular flexibility index (Phi) is 2.80. The first kappa shape index (κ1) is 10.1. The molecule has 2 nitrogen and oxygen atoms in total. The van der Waals surface area contributed by atoms with E-state index >= 15 is 0 Å². The van der Waals surface area contributed by atoms with Crippen molar-refractivity contribution < 1.29 is 4.74 Å². The molecule has 1 aromatic heterocycles. The van der Waals surface area contributed by atoms with Gasteiger partial charge in [0.05, 0.1) is 0 Å². The molecule has 1 aromatic carbocycles. The van der Waals surface area contributed by atoms with Crippen LogP contribution >= 0.6 is 11.3 Å². The number of hydrogen-bond donors (Lipinski definition) is 1. The molecule has 3 heteroatoms. The molecule has 1 N–H and O–H groups in total. The first-order chi connectivity index (χ1) is 7.93. The monoisotopic (exact) mass is 233 g/mol. The second-order valence-corrected chi connectivity index (χ2v) is 5.14. The zero-order valence-electron chi connectivity index (χ0n) is 9.11. The lowest BCUT2D eigenvalue weighted by molar-refractivity contribution is 0.280. The summed E-state index contributed by atoms with van der Waals surface area (Å²) < 4.78 is 7.21. The number of rotatable bonds is 3. The zero-order chi connectivity index (χ0) is 10.8. The molecule has 0 saturated carbocycles. The molecule has 2 heterocycles. The van der Waals surface area contributed by atoms with Crippen LogP contribution in [0.1, 0.15) is 12.8 Å². The fourth-order valence-electron chi connectivity index (χ4n) is 2.18. The lowest BCUT2D eigenvalue weighted by atomic mass is 10.2. The van der Waals surface area contributed by atoms with Crippen LogP contribution in [-0.2, 0) is 0 Å². The van der Waals surface area contributed by atoms with Crippen LogP contribution in [0.5, 0.6) is 5.75 Å². The summed E-state index contributed by atoms with van der Waals surface area (Å²) in [5.74, 6) is 1.02.